The molecule has 9 heteroatoms. The van der Waals surface area contributed by atoms with E-state index in [0.29, 0.717) is 13.0 Å². The first-order chi connectivity index (χ1) is 25.4. The van der Waals surface area contributed by atoms with Crippen LogP contribution in [0.5, 0.6) is 0 Å². The molecule has 0 saturated heterocycles. The van der Waals surface area contributed by atoms with Gasteiger partial charge in [0.2, 0.25) is 0 Å². The molecule has 0 radical (unpaired) electrons. The molecular weight excluding hydrogens is 673 g/mol. The number of carbonyl (C=O) groups is 1. The third-order valence-corrected chi connectivity index (χ3v) is 11.0. The predicted molar refractivity (Wildman–Crippen MR) is 220 cm³/mol. The maximum absolute atomic E-state index is 12.6. The number of phosphoric ester groups is 1. The van der Waals surface area contributed by atoms with E-state index in [4.69, 9.17) is 24.3 Å². The largest absolute Gasteiger partial charge is 0.472 e. The maximum Gasteiger partial charge on any atom is 0.472 e. The average molecular weight is 762 g/mol. The zero-order chi connectivity index (χ0) is 38.1. The van der Waals surface area contributed by atoms with E-state index in [1.54, 1.807) is 0 Å². The van der Waals surface area contributed by atoms with Crippen LogP contribution in [0, 0.1) is 0 Å². The fourth-order valence-electron chi connectivity index (χ4n) is 6.70. The predicted octanol–water partition coefficient (Wildman–Crippen LogP) is 13.3. The monoisotopic (exact) mass is 762 g/mol. The molecule has 0 rings (SSSR count). The second kappa shape index (κ2) is 41.7. The third kappa shape index (κ3) is 40.7. The molecule has 0 aliphatic rings. The Labute approximate surface area is 322 Å². The van der Waals surface area contributed by atoms with Crippen molar-refractivity contribution in [1.29, 1.82) is 0 Å². The Balaban J connectivity index is 3.94. The van der Waals surface area contributed by atoms with Gasteiger partial charge in [0, 0.05) is 19.6 Å². The molecule has 0 amide bonds. The van der Waals surface area contributed by atoms with Crippen molar-refractivity contribution in [1.82, 2.24) is 0 Å². The summed E-state index contributed by atoms with van der Waals surface area (Å²) in [5.41, 5.74) is 5.37. The number of carbonyl (C=O) groups excluding carboxylic acids is 1. The zero-order valence-corrected chi connectivity index (χ0v) is 35.5. The highest BCUT2D eigenvalue weighted by atomic mass is 31.2. The van der Waals surface area contributed by atoms with Crippen molar-refractivity contribution >= 4 is 13.8 Å². The van der Waals surface area contributed by atoms with Gasteiger partial charge in [-0.1, -0.05) is 213 Å². The van der Waals surface area contributed by atoms with Gasteiger partial charge in [-0.25, -0.2) is 4.57 Å². The molecular formula is C43H88NO7P. The molecule has 52 heavy (non-hydrogen) atoms. The molecule has 3 N–H and O–H groups in total. The molecule has 0 aliphatic heterocycles. The second-order valence-electron chi connectivity index (χ2n) is 15.3. The number of esters is 1. The zero-order valence-electron chi connectivity index (χ0n) is 34.6. The first kappa shape index (κ1) is 51.5. The Bertz CT molecular complexity index is 772. The summed E-state index contributed by atoms with van der Waals surface area (Å²) in [5.74, 6) is -0.323. The molecule has 8 nitrogen and oxygen atoms in total. The normalized spacial score (nSPS) is 13.4. The first-order valence-corrected chi connectivity index (χ1v) is 24.0. The molecule has 0 aromatic rings. The Kier molecular flexibility index (Phi) is 41.3. The van der Waals surface area contributed by atoms with Crippen LogP contribution in [0.4, 0.5) is 0 Å². The van der Waals surface area contributed by atoms with Crippen molar-refractivity contribution in [3.05, 3.63) is 0 Å². The summed E-state index contributed by atoms with van der Waals surface area (Å²) in [4.78, 5) is 22.5. The van der Waals surface area contributed by atoms with E-state index in [1.807, 2.05) is 0 Å². The minimum Gasteiger partial charge on any atom is -0.457 e. The van der Waals surface area contributed by atoms with E-state index in [2.05, 4.69) is 13.8 Å². The average Bonchev–Trinajstić information content (AvgIpc) is 3.13. The molecule has 0 aromatic heterocycles. The number of rotatable bonds is 44. The lowest BCUT2D eigenvalue weighted by atomic mass is 10.0. The highest BCUT2D eigenvalue weighted by Gasteiger charge is 2.25. The molecule has 0 heterocycles. The van der Waals surface area contributed by atoms with Crippen LogP contribution in [0.1, 0.15) is 232 Å². The lowest BCUT2D eigenvalue weighted by molar-refractivity contribution is -0.154. The summed E-state index contributed by atoms with van der Waals surface area (Å²) in [6, 6.07) is 0. The van der Waals surface area contributed by atoms with E-state index in [1.165, 1.54) is 180 Å². The minimum absolute atomic E-state index is 0.0900. The second-order valence-corrected chi connectivity index (χ2v) is 16.7. The van der Waals surface area contributed by atoms with Crippen LogP contribution in [0.2, 0.25) is 0 Å². The standard InChI is InChI=1S/C43H88NO7P/c1-3-5-7-9-11-13-15-17-19-20-21-22-23-24-26-28-30-32-34-36-43(45)51-42(41-50-52(46,47)49-39-37-44)40-48-38-35-33-31-29-27-25-18-16-14-12-10-8-6-4-2/h42H,3-41,44H2,1-2H3,(H,46,47). The molecule has 0 bridgehead atoms. The Morgan fingerprint density at radius 1 is 0.500 bits per heavy atom. The SMILES string of the molecule is CCCCCCCCCCCCCCCCCCCCCC(=O)OC(COCCCCCCCCCCCCCCCC)COP(=O)(O)OCCN. The molecule has 312 valence electrons. The quantitative estimate of drug-likeness (QED) is 0.0358. The van der Waals surface area contributed by atoms with E-state index in [0.717, 1.165) is 32.1 Å². The summed E-state index contributed by atoms with van der Waals surface area (Å²) in [6.45, 7) is 4.99. The van der Waals surface area contributed by atoms with Crippen LogP contribution in [0.25, 0.3) is 0 Å². The molecule has 0 aliphatic carbocycles. The summed E-state index contributed by atoms with van der Waals surface area (Å²) in [5, 5.41) is 0. The Morgan fingerprint density at radius 3 is 1.21 bits per heavy atom. The van der Waals surface area contributed by atoms with Crippen LogP contribution in [0.3, 0.4) is 0 Å². The number of nitrogens with two attached hydrogens (primary N) is 1. The fourth-order valence-corrected chi connectivity index (χ4v) is 7.47. The van der Waals surface area contributed by atoms with Crippen LogP contribution >= 0.6 is 7.82 Å². The van der Waals surface area contributed by atoms with Gasteiger partial charge in [0.1, 0.15) is 6.10 Å². The summed E-state index contributed by atoms with van der Waals surface area (Å²) < 4.78 is 33.5. The number of hydrogen-bond acceptors (Lipinski definition) is 7. The van der Waals surface area contributed by atoms with Gasteiger partial charge in [-0.05, 0) is 12.8 Å². The van der Waals surface area contributed by atoms with Crippen molar-refractivity contribution in [2.45, 2.75) is 238 Å². The molecule has 0 spiro atoms. The number of ether oxygens (including phenoxy) is 2. The number of unbranched alkanes of at least 4 members (excludes halogenated alkanes) is 31. The topological polar surface area (TPSA) is 117 Å². The van der Waals surface area contributed by atoms with Crippen molar-refractivity contribution in [3.8, 4) is 0 Å². The molecule has 0 aromatic carbocycles. The van der Waals surface area contributed by atoms with Gasteiger partial charge in [0.15, 0.2) is 0 Å². The van der Waals surface area contributed by atoms with Crippen molar-refractivity contribution in [2.24, 2.45) is 5.73 Å². The van der Waals surface area contributed by atoms with Crippen molar-refractivity contribution in [2.75, 3.05) is 33.0 Å². The van der Waals surface area contributed by atoms with Gasteiger partial charge < -0.3 is 20.1 Å². The lowest BCUT2D eigenvalue weighted by Crippen LogP contribution is -2.28. The van der Waals surface area contributed by atoms with Crippen molar-refractivity contribution in [3.63, 3.8) is 0 Å². The van der Waals surface area contributed by atoms with Gasteiger partial charge in [-0.15, -0.1) is 0 Å². The minimum atomic E-state index is -4.27. The van der Waals surface area contributed by atoms with Gasteiger partial charge in [0.25, 0.3) is 0 Å². The number of hydrogen-bond donors (Lipinski definition) is 2. The molecule has 0 saturated carbocycles. The van der Waals surface area contributed by atoms with Crippen LogP contribution in [-0.2, 0) is 27.9 Å². The van der Waals surface area contributed by atoms with E-state index >= 15 is 0 Å². The lowest BCUT2D eigenvalue weighted by Gasteiger charge is -2.20. The summed E-state index contributed by atoms with van der Waals surface area (Å²) >= 11 is 0. The Morgan fingerprint density at radius 2 is 0.846 bits per heavy atom. The van der Waals surface area contributed by atoms with Gasteiger partial charge >= 0.3 is 13.8 Å². The first-order valence-electron chi connectivity index (χ1n) is 22.5. The smallest absolute Gasteiger partial charge is 0.457 e. The summed E-state index contributed by atoms with van der Waals surface area (Å²) in [6.07, 6.45) is 42.6. The van der Waals surface area contributed by atoms with Crippen LogP contribution in [0.15, 0.2) is 0 Å². The van der Waals surface area contributed by atoms with E-state index < -0.39 is 13.9 Å². The highest BCUT2D eigenvalue weighted by molar-refractivity contribution is 7.47. The third-order valence-electron chi connectivity index (χ3n) is 10.0. The van der Waals surface area contributed by atoms with Crippen molar-refractivity contribution < 1.29 is 32.8 Å². The van der Waals surface area contributed by atoms with Crippen LogP contribution in [-0.4, -0.2) is 49.9 Å². The van der Waals surface area contributed by atoms with Gasteiger partial charge in [0.05, 0.1) is 19.8 Å². The maximum atomic E-state index is 12.6. The van der Waals surface area contributed by atoms with Gasteiger partial charge in [-0.3, -0.25) is 13.8 Å². The molecule has 2 atom stereocenters. The number of phosphoric acid groups is 1. The fraction of sp³-hybridized carbons (Fsp3) is 0.977. The highest BCUT2D eigenvalue weighted by Crippen LogP contribution is 2.43. The van der Waals surface area contributed by atoms with Gasteiger partial charge in [-0.2, -0.15) is 0 Å². The Hall–Kier alpha value is -0.500. The van der Waals surface area contributed by atoms with E-state index in [-0.39, 0.29) is 32.3 Å². The molecule has 2 unspecified atom stereocenters. The summed E-state index contributed by atoms with van der Waals surface area (Å²) in [7, 11) is -4.27. The van der Waals surface area contributed by atoms with Crippen LogP contribution < -0.4 is 5.73 Å². The van der Waals surface area contributed by atoms with E-state index in [9.17, 15) is 14.3 Å². The molecule has 0 fully saturated rings.